The molecule has 44 valence electrons. The Labute approximate surface area is 54.0 Å². The maximum absolute atomic E-state index is 4.15. The molecular weight excluding hydrogens is 131 g/mol. The Bertz CT molecular complexity index is 285. The second-order valence-corrected chi connectivity index (χ2v) is 2.79. The average molecular weight is 136 g/mol. The summed E-state index contributed by atoms with van der Waals surface area (Å²) >= 11 is 0. The third-order valence-electron chi connectivity index (χ3n) is 1.19. The lowest BCUT2D eigenvalue weighted by molar-refractivity contribution is 1.41. The van der Waals surface area contributed by atoms with Crippen LogP contribution in [0.15, 0.2) is 24.3 Å². The Morgan fingerprint density at radius 2 is 2.33 bits per heavy atom. The second-order valence-electron chi connectivity index (χ2n) is 1.77. The minimum absolute atomic E-state index is 0.677. The lowest BCUT2D eigenvalue weighted by Gasteiger charge is -1.81. The van der Waals surface area contributed by atoms with E-state index in [1.54, 1.807) is 6.20 Å². The molecule has 0 aliphatic heterocycles. The predicted octanol–water partition coefficient (Wildman–Crippen LogP) is 1.66. The molecule has 0 aliphatic carbocycles. The van der Waals surface area contributed by atoms with Crippen LogP contribution in [0.4, 0.5) is 0 Å². The van der Waals surface area contributed by atoms with Crippen molar-refractivity contribution in [2.45, 2.75) is 0 Å². The lowest BCUT2D eigenvalue weighted by atomic mass is 10.5. The van der Waals surface area contributed by atoms with Crippen molar-refractivity contribution in [2.75, 3.05) is 0 Å². The summed E-state index contributed by atoms with van der Waals surface area (Å²) in [7, 11) is 0.677. The van der Waals surface area contributed by atoms with Gasteiger partial charge in [-0.25, -0.2) is 0 Å². The molecule has 2 aromatic rings. The van der Waals surface area contributed by atoms with Crippen molar-refractivity contribution >= 4 is 19.0 Å². The molecule has 0 saturated heterocycles. The highest BCUT2D eigenvalue weighted by atomic mass is 31.0. The van der Waals surface area contributed by atoms with Crippen LogP contribution in [-0.2, 0) is 0 Å². The summed E-state index contributed by atoms with van der Waals surface area (Å²) < 4.78 is 0. The normalized spacial score (nSPS) is 11.1. The Morgan fingerprint density at radius 1 is 1.33 bits per heavy atom. The molecule has 0 N–H and O–H groups in total. The number of pyridine rings is 1. The number of nitrogens with zero attached hydrogens (tertiary/aromatic N) is 2. The van der Waals surface area contributed by atoms with Gasteiger partial charge in [-0.2, -0.15) is 0 Å². The summed E-state index contributed by atoms with van der Waals surface area (Å²) in [4.78, 5) is 8.27. The van der Waals surface area contributed by atoms with Crippen LogP contribution < -0.4 is 0 Å². The zero-order valence-corrected chi connectivity index (χ0v) is 5.70. The van der Waals surface area contributed by atoms with E-state index in [4.69, 9.17) is 0 Å². The average Bonchev–Trinajstić information content (AvgIpc) is 2.33. The topological polar surface area (TPSA) is 25.8 Å². The lowest BCUT2D eigenvalue weighted by Crippen LogP contribution is -1.67. The van der Waals surface area contributed by atoms with Crippen LogP contribution in [0.3, 0.4) is 0 Å². The van der Waals surface area contributed by atoms with Gasteiger partial charge in [-0.3, -0.25) is 9.97 Å². The zero-order valence-electron chi connectivity index (χ0n) is 4.70. The summed E-state index contributed by atoms with van der Waals surface area (Å²) in [5.41, 5.74) is 1.04. The van der Waals surface area contributed by atoms with E-state index in [2.05, 4.69) is 9.97 Å². The monoisotopic (exact) mass is 136 g/mol. The fraction of sp³-hybridized carbons (Fsp3) is 0. The van der Waals surface area contributed by atoms with Crippen LogP contribution in [0.25, 0.3) is 10.8 Å². The van der Waals surface area contributed by atoms with E-state index in [1.165, 1.54) is 0 Å². The third kappa shape index (κ3) is 0.718. The molecule has 0 spiro atoms. The van der Waals surface area contributed by atoms with Gasteiger partial charge in [-0.1, -0.05) is 8.19 Å². The summed E-state index contributed by atoms with van der Waals surface area (Å²) in [5, 5.41) is 1.12. The highest BCUT2D eigenvalue weighted by Crippen LogP contribution is 2.17. The van der Waals surface area contributed by atoms with Gasteiger partial charge in [-0.15, -0.1) is 0 Å². The molecular formula is C6H5N2P. The largest absolute Gasteiger partial charge is 0.251 e. The summed E-state index contributed by atoms with van der Waals surface area (Å²) in [6, 6.07) is 3.89. The van der Waals surface area contributed by atoms with Crippen molar-refractivity contribution in [1.29, 1.82) is 0 Å². The molecule has 0 fully saturated rings. The van der Waals surface area contributed by atoms with E-state index in [0.29, 0.717) is 8.19 Å². The molecule has 2 aromatic heterocycles. The second kappa shape index (κ2) is 1.82. The number of aromatic nitrogens is 2. The van der Waals surface area contributed by atoms with E-state index in [9.17, 15) is 0 Å². The highest BCUT2D eigenvalue weighted by molar-refractivity contribution is 7.35. The predicted molar refractivity (Wildman–Crippen MR) is 39.0 cm³/mol. The van der Waals surface area contributed by atoms with Gasteiger partial charge in [0.25, 0.3) is 0 Å². The van der Waals surface area contributed by atoms with Crippen molar-refractivity contribution in [2.24, 2.45) is 0 Å². The molecule has 0 aliphatic rings. The molecule has 2 nitrogen and oxygen atoms in total. The van der Waals surface area contributed by atoms with E-state index in [0.717, 1.165) is 10.8 Å². The molecule has 0 bridgehead atoms. The van der Waals surface area contributed by atoms with Crippen molar-refractivity contribution in [1.82, 2.24) is 9.97 Å². The van der Waals surface area contributed by atoms with Gasteiger partial charge in [0.05, 0.1) is 5.52 Å². The molecule has 2 heterocycles. The molecule has 0 amide bonds. The minimum Gasteiger partial charge on any atom is -0.251 e. The summed E-state index contributed by atoms with van der Waals surface area (Å²) in [6.45, 7) is 0. The number of fused-ring (bicyclic) bond motifs is 1. The van der Waals surface area contributed by atoms with Gasteiger partial charge in [0.1, 0.15) is 5.25 Å². The van der Waals surface area contributed by atoms with E-state index in [1.807, 2.05) is 18.1 Å². The smallest absolute Gasteiger partial charge is 0.106 e. The molecule has 0 radical (unpaired) electrons. The van der Waals surface area contributed by atoms with Crippen LogP contribution in [0, 0.1) is 0 Å². The van der Waals surface area contributed by atoms with Gasteiger partial charge in [0.2, 0.25) is 0 Å². The van der Waals surface area contributed by atoms with Gasteiger partial charge < -0.3 is 0 Å². The fourth-order valence-electron chi connectivity index (χ4n) is 0.775. The maximum Gasteiger partial charge on any atom is 0.106 e. The standard InChI is InChI=1S/C6H5N2P/c1-2-5-6(7-3-1)9-4-8-5/h1-4,9H. The number of hydrogen-bond donors (Lipinski definition) is 0. The van der Waals surface area contributed by atoms with Gasteiger partial charge in [-0.05, 0) is 12.1 Å². The Kier molecular flexibility index (Phi) is 0.998. The van der Waals surface area contributed by atoms with Crippen LogP contribution in [0.2, 0.25) is 0 Å². The molecule has 3 heteroatoms. The van der Waals surface area contributed by atoms with Crippen molar-refractivity contribution in [3.8, 4) is 0 Å². The Morgan fingerprint density at radius 3 is 3.22 bits per heavy atom. The quantitative estimate of drug-likeness (QED) is 0.550. The maximum atomic E-state index is 4.15. The number of rotatable bonds is 0. The van der Waals surface area contributed by atoms with Crippen LogP contribution in [-0.4, -0.2) is 9.97 Å². The minimum atomic E-state index is 0.677. The molecule has 0 aromatic carbocycles. The van der Waals surface area contributed by atoms with E-state index in [-0.39, 0.29) is 0 Å². The molecule has 1 unspecified atom stereocenters. The van der Waals surface area contributed by atoms with Crippen molar-refractivity contribution < 1.29 is 0 Å². The first-order valence-corrected chi connectivity index (χ1v) is 3.78. The van der Waals surface area contributed by atoms with E-state index < -0.39 is 0 Å². The van der Waals surface area contributed by atoms with Gasteiger partial charge in [0.15, 0.2) is 0 Å². The molecule has 0 saturated carbocycles. The number of hydrogen-bond acceptors (Lipinski definition) is 2. The van der Waals surface area contributed by atoms with Crippen LogP contribution >= 0.6 is 8.19 Å². The van der Waals surface area contributed by atoms with Crippen LogP contribution in [0.5, 0.6) is 0 Å². The van der Waals surface area contributed by atoms with E-state index >= 15 is 0 Å². The van der Waals surface area contributed by atoms with Crippen LogP contribution in [0.1, 0.15) is 0 Å². The summed E-state index contributed by atoms with van der Waals surface area (Å²) in [5.74, 6) is 1.91. The first-order valence-electron chi connectivity index (χ1n) is 2.71. The highest BCUT2D eigenvalue weighted by Gasteiger charge is 1.89. The molecule has 9 heavy (non-hydrogen) atoms. The first-order chi connectivity index (χ1) is 4.47. The first kappa shape index (κ1) is 4.95. The zero-order chi connectivity index (χ0) is 6.10. The third-order valence-corrected chi connectivity index (χ3v) is 2.11. The Hall–Kier alpha value is -0.880. The van der Waals surface area contributed by atoms with Gasteiger partial charge >= 0.3 is 0 Å². The Balaban J connectivity index is 2.95. The van der Waals surface area contributed by atoms with Gasteiger partial charge in [0, 0.05) is 12.1 Å². The molecule has 1 atom stereocenters. The van der Waals surface area contributed by atoms with Crippen molar-refractivity contribution in [3.05, 3.63) is 24.3 Å². The molecule has 2 rings (SSSR count). The fourth-order valence-corrected chi connectivity index (χ4v) is 1.55. The summed E-state index contributed by atoms with van der Waals surface area (Å²) in [6.07, 6.45) is 1.81. The van der Waals surface area contributed by atoms with Crippen molar-refractivity contribution in [3.63, 3.8) is 0 Å². The SMILES string of the molecule is c1cnc2[pH]cnc2c1.